The first-order valence-corrected chi connectivity index (χ1v) is 13.7. The second kappa shape index (κ2) is 9.57. The molecule has 0 aromatic heterocycles. The van der Waals surface area contributed by atoms with Crippen LogP contribution in [0, 0.1) is 29.1 Å². The molecular weight excluding hydrogens is 528 g/mol. The maximum Gasteiger partial charge on any atom is 0.423 e. The van der Waals surface area contributed by atoms with E-state index in [1.54, 1.807) is 56.3 Å². The minimum Gasteiger partial charge on any atom is -0.504 e. The second-order valence-corrected chi connectivity index (χ2v) is 11.1. The van der Waals surface area contributed by atoms with Gasteiger partial charge < -0.3 is 14.6 Å². The van der Waals surface area contributed by atoms with E-state index in [1.807, 2.05) is 6.08 Å². The normalized spacial score (nSPS) is 30.5. The molecule has 2 saturated heterocycles. The van der Waals surface area contributed by atoms with Gasteiger partial charge in [0.15, 0.2) is 11.5 Å². The van der Waals surface area contributed by atoms with Crippen LogP contribution < -0.4 is 9.64 Å². The van der Waals surface area contributed by atoms with E-state index in [-0.39, 0.29) is 36.2 Å². The monoisotopic (exact) mass is 558 g/mol. The summed E-state index contributed by atoms with van der Waals surface area (Å²) in [5.74, 6) is -5.50. The molecule has 2 aromatic carbocycles. The van der Waals surface area contributed by atoms with Crippen molar-refractivity contribution < 1.29 is 38.6 Å². The van der Waals surface area contributed by atoms with E-state index < -0.39 is 52.9 Å². The summed E-state index contributed by atoms with van der Waals surface area (Å²) in [6.07, 6.45) is 1.22. The van der Waals surface area contributed by atoms with Crippen molar-refractivity contribution in [2.75, 3.05) is 18.6 Å². The number of anilines is 1. The van der Waals surface area contributed by atoms with Crippen LogP contribution in [0.5, 0.6) is 11.5 Å². The van der Waals surface area contributed by atoms with Crippen LogP contribution >= 0.6 is 0 Å². The Kier molecular flexibility index (Phi) is 6.24. The van der Waals surface area contributed by atoms with Crippen LogP contribution in [0.3, 0.4) is 0 Å². The van der Waals surface area contributed by atoms with Gasteiger partial charge in [0.05, 0.1) is 42.6 Å². The lowest BCUT2D eigenvalue weighted by atomic mass is 9.51. The number of aromatic hydroxyl groups is 1. The number of benzene rings is 2. The minimum atomic E-state index is -1.23. The highest BCUT2D eigenvalue weighted by Gasteiger charge is 2.68. The van der Waals surface area contributed by atoms with Gasteiger partial charge in [-0.2, -0.15) is 4.90 Å². The van der Waals surface area contributed by atoms with Crippen molar-refractivity contribution in [2.24, 2.45) is 29.1 Å². The number of hydrogen-bond acceptors (Lipinski definition) is 8. The molecule has 3 fully saturated rings. The molecule has 2 aromatic rings. The zero-order chi connectivity index (χ0) is 29.2. The predicted octanol–water partition coefficient (Wildman–Crippen LogP) is 3.79. The third kappa shape index (κ3) is 3.66. The van der Waals surface area contributed by atoms with Crippen LogP contribution in [0.25, 0.3) is 0 Å². The predicted molar refractivity (Wildman–Crippen MR) is 145 cm³/mol. The fourth-order valence-corrected chi connectivity index (χ4v) is 7.47. The van der Waals surface area contributed by atoms with Gasteiger partial charge in [0, 0.05) is 5.92 Å². The number of amides is 5. The average Bonchev–Trinajstić information content (AvgIpc) is 3.34. The van der Waals surface area contributed by atoms with Crippen LogP contribution in [-0.4, -0.2) is 53.4 Å². The molecule has 0 spiro atoms. The molecule has 6 rings (SSSR count). The number of fused-ring (bicyclic) bond motifs is 4. The highest BCUT2D eigenvalue weighted by Crippen LogP contribution is 2.63. The van der Waals surface area contributed by atoms with Gasteiger partial charge in [0.1, 0.15) is 0 Å². The first kappa shape index (κ1) is 26.7. The smallest absolute Gasteiger partial charge is 0.423 e. The number of para-hydroxylation sites is 1. The Morgan fingerprint density at radius 1 is 1.02 bits per heavy atom. The Morgan fingerprint density at radius 3 is 2.44 bits per heavy atom. The van der Waals surface area contributed by atoms with E-state index in [0.717, 1.165) is 12.7 Å². The topological polar surface area (TPSA) is 131 Å². The molecule has 6 unspecified atom stereocenters. The van der Waals surface area contributed by atoms with E-state index in [2.05, 4.69) is 0 Å². The molecule has 2 aliphatic heterocycles. The van der Waals surface area contributed by atoms with Crippen molar-refractivity contribution in [3.63, 3.8) is 0 Å². The van der Waals surface area contributed by atoms with Crippen molar-refractivity contribution >= 4 is 35.4 Å². The molecule has 6 atom stereocenters. The molecule has 0 bridgehead atoms. The molecule has 10 heteroatoms. The van der Waals surface area contributed by atoms with Gasteiger partial charge in [-0.1, -0.05) is 35.9 Å². The standard InChI is InChI=1S/C31H30N2O8/c1-4-41-23-14-16(10-13-22(23)34)25-18-11-12-19-24(28(37)33(26(19)35)30(39)40-3)20(18)15-21-27(36)32(29(38)31(21,25)2)17-8-6-5-7-9-17/h5-11,13-14,19-21,24-25,34H,4,12,15H2,1-3H3. The molecule has 1 N–H and O–H groups in total. The molecular formula is C31H30N2O8. The molecule has 41 heavy (non-hydrogen) atoms. The van der Waals surface area contributed by atoms with Gasteiger partial charge in [0.2, 0.25) is 23.6 Å². The van der Waals surface area contributed by atoms with Crippen molar-refractivity contribution in [1.29, 1.82) is 0 Å². The van der Waals surface area contributed by atoms with Crippen molar-refractivity contribution in [1.82, 2.24) is 4.90 Å². The number of likely N-dealkylation sites (tertiary alicyclic amines) is 1. The number of hydrogen-bond donors (Lipinski definition) is 1. The number of phenols is 1. The number of rotatable bonds is 4. The van der Waals surface area contributed by atoms with Crippen LogP contribution in [0.1, 0.15) is 38.2 Å². The highest BCUT2D eigenvalue weighted by atomic mass is 16.5. The number of methoxy groups -OCH3 is 1. The number of ether oxygens (including phenoxy) is 2. The van der Waals surface area contributed by atoms with Gasteiger partial charge in [-0.05, 0) is 62.4 Å². The number of allylic oxidation sites excluding steroid dienone is 2. The molecule has 10 nitrogen and oxygen atoms in total. The largest absolute Gasteiger partial charge is 0.504 e. The summed E-state index contributed by atoms with van der Waals surface area (Å²) in [5, 5.41) is 10.4. The summed E-state index contributed by atoms with van der Waals surface area (Å²) in [7, 11) is 1.11. The first-order valence-electron chi connectivity index (χ1n) is 13.7. The number of phenolic OH excluding ortho intramolecular Hbond substituents is 1. The Hall–Kier alpha value is -4.47. The van der Waals surface area contributed by atoms with E-state index >= 15 is 0 Å². The van der Waals surface area contributed by atoms with Gasteiger partial charge in [-0.15, -0.1) is 0 Å². The summed E-state index contributed by atoms with van der Waals surface area (Å²) in [5.41, 5.74) is 0.639. The summed E-state index contributed by atoms with van der Waals surface area (Å²) < 4.78 is 10.4. The number of carbonyl (C=O) groups excluding carboxylic acids is 5. The zero-order valence-electron chi connectivity index (χ0n) is 22.9. The van der Waals surface area contributed by atoms with Crippen LogP contribution in [0.15, 0.2) is 60.2 Å². The molecule has 2 aliphatic carbocycles. The average molecular weight is 559 g/mol. The minimum absolute atomic E-state index is 0.0626. The van der Waals surface area contributed by atoms with Crippen LogP contribution in [0.2, 0.25) is 0 Å². The van der Waals surface area contributed by atoms with E-state index in [0.29, 0.717) is 22.8 Å². The number of nitrogens with zero attached hydrogens (tertiary/aromatic N) is 2. The van der Waals surface area contributed by atoms with Gasteiger partial charge in [-0.25, -0.2) is 9.69 Å². The van der Waals surface area contributed by atoms with E-state index in [1.165, 1.54) is 11.0 Å². The SMILES string of the molecule is CCOc1cc(C2C3=CCC4C(=O)N(C(=O)OC)C(=O)C4C3CC3C(=O)N(c4ccccc4)C(=O)C32C)ccc1O. The van der Waals surface area contributed by atoms with E-state index in [9.17, 15) is 29.1 Å². The first-order chi connectivity index (χ1) is 19.6. The fraction of sp³-hybridized carbons (Fsp3) is 0.387. The molecule has 0 radical (unpaired) electrons. The third-order valence-corrected chi connectivity index (χ3v) is 9.26. The molecule has 4 aliphatic rings. The maximum absolute atomic E-state index is 14.3. The Balaban J connectivity index is 1.52. The second-order valence-electron chi connectivity index (χ2n) is 11.1. The summed E-state index contributed by atoms with van der Waals surface area (Å²) in [6.45, 7) is 3.87. The Morgan fingerprint density at radius 2 is 1.76 bits per heavy atom. The lowest BCUT2D eigenvalue weighted by Crippen LogP contribution is -2.49. The zero-order valence-corrected chi connectivity index (χ0v) is 22.9. The molecule has 1 saturated carbocycles. The quantitative estimate of drug-likeness (QED) is 0.443. The van der Waals surface area contributed by atoms with Crippen LogP contribution in [-0.2, 0) is 23.9 Å². The van der Waals surface area contributed by atoms with Crippen LogP contribution in [0.4, 0.5) is 10.5 Å². The fourth-order valence-electron chi connectivity index (χ4n) is 7.47. The lowest BCUT2D eigenvalue weighted by Gasteiger charge is -2.49. The summed E-state index contributed by atoms with van der Waals surface area (Å²) in [4.78, 5) is 69.4. The van der Waals surface area contributed by atoms with Crippen molar-refractivity contribution in [2.45, 2.75) is 32.6 Å². The molecule has 212 valence electrons. The number of imide groups is 4. The van der Waals surface area contributed by atoms with Crippen molar-refractivity contribution in [3.8, 4) is 11.5 Å². The van der Waals surface area contributed by atoms with Gasteiger partial charge in [-0.3, -0.25) is 19.2 Å². The number of carbonyl (C=O) groups is 5. The summed E-state index contributed by atoms with van der Waals surface area (Å²) in [6, 6.07) is 13.6. The van der Waals surface area contributed by atoms with E-state index in [4.69, 9.17) is 9.47 Å². The Bertz CT molecular complexity index is 1520. The third-order valence-electron chi connectivity index (χ3n) is 9.26. The molecule has 5 amide bonds. The van der Waals surface area contributed by atoms with Gasteiger partial charge >= 0.3 is 6.09 Å². The van der Waals surface area contributed by atoms with Gasteiger partial charge in [0.25, 0.3) is 0 Å². The molecule has 2 heterocycles. The summed E-state index contributed by atoms with van der Waals surface area (Å²) >= 11 is 0. The lowest BCUT2D eigenvalue weighted by molar-refractivity contribution is -0.138. The maximum atomic E-state index is 14.3. The van der Waals surface area contributed by atoms with Crippen molar-refractivity contribution in [3.05, 3.63) is 65.7 Å². The highest BCUT2D eigenvalue weighted by molar-refractivity contribution is 6.24. The Labute approximate surface area is 236 Å².